The lowest BCUT2D eigenvalue weighted by Crippen LogP contribution is -2.41. The van der Waals surface area contributed by atoms with Gasteiger partial charge in [-0.2, -0.15) is 0 Å². The average molecular weight is 474 g/mol. The van der Waals surface area contributed by atoms with Crippen molar-refractivity contribution in [3.63, 3.8) is 0 Å². The standard InChI is InChI=1S/C29H36N4O2/c34-28-23-27(26-13-5-2-6-14-26)33-22-10-19-31(24-33)18-7-8-20-32(21-9-17-30-28)29(35)16-15-25-11-3-1-4-12-25/h1-6,11-16,24,27H,7-10,17-23H2/p+1/b16-15-/t27-/m0/s1. The van der Waals surface area contributed by atoms with Crippen molar-refractivity contribution in [1.29, 1.82) is 0 Å². The summed E-state index contributed by atoms with van der Waals surface area (Å²) in [5.74, 6) is 0.0884. The van der Waals surface area contributed by atoms with Crippen molar-refractivity contribution in [3.05, 3.63) is 77.9 Å². The maximum Gasteiger partial charge on any atom is 0.246 e. The Bertz CT molecular complexity index is 1020. The van der Waals surface area contributed by atoms with Crippen molar-refractivity contribution < 1.29 is 14.2 Å². The summed E-state index contributed by atoms with van der Waals surface area (Å²) in [5, 5.41) is 3.09. The summed E-state index contributed by atoms with van der Waals surface area (Å²) in [6.45, 7) is 4.90. The molecule has 35 heavy (non-hydrogen) atoms. The van der Waals surface area contributed by atoms with Gasteiger partial charge in [0.05, 0.1) is 26.1 Å². The van der Waals surface area contributed by atoms with Gasteiger partial charge in [-0.25, -0.2) is 0 Å². The molecule has 2 heterocycles. The minimum absolute atomic E-state index is 0.0318. The number of benzene rings is 2. The molecule has 0 aliphatic carbocycles. The third-order valence-corrected chi connectivity index (χ3v) is 6.72. The van der Waals surface area contributed by atoms with E-state index in [1.165, 1.54) is 5.56 Å². The molecule has 0 unspecified atom stereocenters. The largest absolute Gasteiger partial charge is 0.356 e. The Hall–Kier alpha value is -3.41. The van der Waals surface area contributed by atoms with Gasteiger partial charge in [0.25, 0.3) is 0 Å². The Balaban J connectivity index is 1.44. The van der Waals surface area contributed by atoms with Gasteiger partial charge in [0.2, 0.25) is 18.2 Å². The number of fused-ring (bicyclic) bond motifs is 1. The normalized spacial score (nSPS) is 20.5. The topological polar surface area (TPSA) is 55.7 Å². The fourth-order valence-corrected chi connectivity index (χ4v) is 4.82. The van der Waals surface area contributed by atoms with Crippen LogP contribution < -0.4 is 5.32 Å². The van der Waals surface area contributed by atoms with Crippen molar-refractivity contribution in [1.82, 2.24) is 15.1 Å². The molecule has 2 aromatic rings. The van der Waals surface area contributed by atoms with Crippen LogP contribution in [-0.2, 0) is 9.59 Å². The number of carbonyl (C=O) groups is 2. The van der Waals surface area contributed by atoms with E-state index in [4.69, 9.17) is 0 Å². The molecule has 184 valence electrons. The molecule has 1 atom stereocenters. The second-order valence-corrected chi connectivity index (χ2v) is 9.35. The van der Waals surface area contributed by atoms with Crippen molar-refractivity contribution in [2.45, 2.75) is 38.1 Å². The van der Waals surface area contributed by atoms with Gasteiger partial charge in [-0.1, -0.05) is 60.7 Å². The van der Waals surface area contributed by atoms with E-state index in [1.807, 2.05) is 59.5 Å². The van der Waals surface area contributed by atoms with Crippen LogP contribution >= 0.6 is 0 Å². The van der Waals surface area contributed by atoms with E-state index in [2.05, 4.69) is 33.3 Å². The van der Waals surface area contributed by atoms with Gasteiger partial charge in [0.1, 0.15) is 6.04 Å². The Labute approximate surface area is 208 Å². The number of amides is 2. The van der Waals surface area contributed by atoms with Crippen LogP contribution in [0.2, 0.25) is 0 Å². The summed E-state index contributed by atoms with van der Waals surface area (Å²) in [6.07, 6.45) is 10.0. The zero-order valence-corrected chi connectivity index (χ0v) is 20.5. The van der Waals surface area contributed by atoms with Gasteiger partial charge in [0.15, 0.2) is 0 Å². The van der Waals surface area contributed by atoms with Crippen LogP contribution in [0.1, 0.15) is 49.3 Å². The highest BCUT2D eigenvalue weighted by atomic mass is 16.2. The Morgan fingerprint density at radius 1 is 0.886 bits per heavy atom. The number of hydrogen-bond acceptors (Lipinski definition) is 3. The first kappa shape index (κ1) is 24.7. The number of rotatable bonds is 3. The van der Waals surface area contributed by atoms with E-state index in [1.54, 1.807) is 6.08 Å². The molecular weight excluding hydrogens is 436 g/mol. The summed E-state index contributed by atoms with van der Waals surface area (Å²) in [6, 6.07) is 20.3. The predicted octanol–water partition coefficient (Wildman–Crippen LogP) is 3.71. The summed E-state index contributed by atoms with van der Waals surface area (Å²) in [7, 11) is 0. The third-order valence-electron chi connectivity index (χ3n) is 6.72. The van der Waals surface area contributed by atoms with Gasteiger partial charge in [-0.05, 0) is 36.5 Å². The van der Waals surface area contributed by atoms with Crippen LogP contribution in [0.5, 0.6) is 0 Å². The minimum atomic E-state index is 0.0318. The Kier molecular flexibility index (Phi) is 9.10. The first-order valence-electron chi connectivity index (χ1n) is 12.9. The lowest BCUT2D eigenvalue weighted by atomic mass is 10.0. The van der Waals surface area contributed by atoms with Crippen molar-refractivity contribution >= 4 is 24.2 Å². The second kappa shape index (κ2) is 12.9. The fourth-order valence-electron chi connectivity index (χ4n) is 4.82. The molecule has 6 heteroatoms. The van der Waals surface area contributed by atoms with E-state index in [9.17, 15) is 9.59 Å². The van der Waals surface area contributed by atoms with Gasteiger partial charge >= 0.3 is 0 Å². The SMILES string of the molecule is O=C1C[C@@H](c2ccccc2)N2C=[N+](CCCCN(C(=O)/C=C\c3ccccc3)CCCN1)CCC2. The van der Waals surface area contributed by atoms with E-state index < -0.39 is 0 Å². The van der Waals surface area contributed by atoms with Gasteiger partial charge in [-0.15, -0.1) is 0 Å². The maximum atomic E-state index is 12.9. The molecule has 2 aliphatic heterocycles. The van der Waals surface area contributed by atoms with Crippen LogP contribution in [0.15, 0.2) is 66.7 Å². The van der Waals surface area contributed by atoms with Crippen LogP contribution in [0.4, 0.5) is 0 Å². The van der Waals surface area contributed by atoms with Gasteiger partial charge in [-0.3, -0.25) is 19.1 Å². The van der Waals surface area contributed by atoms with Gasteiger partial charge in [0, 0.05) is 32.1 Å². The van der Waals surface area contributed by atoms with Crippen LogP contribution in [0, 0.1) is 0 Å². The highest BCUT2D eigenvalue weighted by Crippen LogP contribution is 2.24. The number of carbonyl (C=O) groups excluding carboxylic acids is 2. The summed E-state index contributed by atoms with van der Waals surface area (Å²) in [4.78, 5) is 30.1. The maximum absolute atomic E-state index is 12.9. The first-order chi connectivity index (χ1) is 17.2. The summed E-state index contributed by atoms with van der Waals surface area (Å²) < 4.78 is 2.37. The molecule has 0 aromatic heterocycles. The molecule has 6 nitrogen and oxygen atoms in total. The zero-order valence-electron chi connectivity index (χ0n) is 20.5. The quantitative estimate of drug-likeness (QED) is 0.546. The van der Waals surface area contributed by atoms with Gasteiger partial charge < -0.3 is 10.2 Å². The monoisotopic (exact) mass is 473 g/mol. The molecular formula is C29H37N4O2+. The lowest BCUT2D eigenvalue weighted by Gasteiger charge is -2.28. The first-order valence-corrected chi connectivity index (χ1v) is 12.9. The molecule has 2 aromatic carbocycles. The van der Waals surface area contributed by atoms with Crippen molar-refractivity contribution in [2.24, 2.45) is 0 Å². The minimum Gasteiger partial charge on any atom is -0.356 e. The van der Waals surface area contributed by atoms with E-state index in [-0.39, 0.29) is 17.9 Å². The number of nitrogens with zero attached hydrogens (tertiary/aromatic N) is 3. The highest BCUT2D eigenvalue weighted by Gasteiger charge is 2.29. The van der Waals surface area contributed by atoms with E-state index in [0.717, 1.165) is 57.4 Å². The summed E-state index contributed by atoms with van der Waals surface area (Å²) >= 11 is 0. The number of nitrogens with one attached hydrogen (secondary N) is 1. The van der Waals surface area contributed by atoms with Crippen LogP contribution in [0.25, 0.3) is 6.08 Å². The van der Waals surface area contributed by atoms with Crippen LogP contribution in [0.3, 0.4) is 0 Å². The lowest BCUT2D eigenvalue weighted by molar-refractivity contribution is -0.534. The molecule has 2 amide bonds. The molecule has 1 N–H and O–H groups in total. The molecule has 0 fully saturated rings. The van der Waals surface area contributed by atoms with Crippen molar-refractivity contribution in [2.75, 3.05) is 39.3 Å². The Morgan fingerprint density at radius 3 is 2.40 bits per heavy atom. The van der Waals surface area contributed by atoms with Crippen molar-refractivity contribution in [3.8, 4) is 0 Å². The summed E-state index contributed by atoms with van der Waals surface area (Å²) in [5.41, 5.74) is 2.19. The molecule has 0 saturated carbocycles. The Morgan fingerprint density at radius 2 is 1.60 bits per heavy atom. The molecule has 2 bridgehead atoms. The van der Waals surface area contributed by atoms with E-state index >= 15 is 0 Å². The fraction of sp³-hybridized carbons (Fsp3) is 0.414. The molecule has 0 saturated heterocycles. The van der Waals surface area contributed by atoms with E-state index in [0.29, 0.717) is 19.5 Å². The average Bonchev–Trinajstić information content (AvgIpc) is 2.90. The van der Waals surface area contributed by atoms with Crippen LogP contribution in [-0.4, -0.2) is 71.8 Å². The zero-order chi connectivity index (χ0) is 24.3. The number of hydrogen-bond donors (Lipinski definition) is 1. The molecule has 0 spiro atoms. The third kappa shape index (κ3) is 7.54. The smallest absolute Gasteiger partial charge is 0.246 e. The highest BCUT2D eigenvalue weighted by molar-refractivity contribution is 5.91. The molecule has 2 aliphatic rings. The predicted molar refractivity (Wildman–Crippen MR) is 140 cm³/mol. The molecule has 4 rings (SSSR count). The second-order valence-electron chi connectivity index (χ2n) is 9.35. The molecule has 0 radical (unpaired) electrons.